The molecule has 2 aliphatic heterocycles. The number of fused-ring (bicyclic) bond motifs is 1. The zero-order valence-corrected chi connectivity index (χ0v) is 13.8. The van der Waals surface area contributed by atoms with Crippen molar-refractivity contribution in [3.8, 4) is 0 Å². The highest BCUT2D eigenvalue weighted by molar-refractivity contribution is 5.80. The van der Waals surface area contributed by atoms with Crippen molar-refractivity contribution in [1.82, 2.24) is 10.3 Å². The number of para-hydroxylation sites is 1. The minimum Gasteiger partial charge on any atom is -0.368 e. The van der Waals surface area contributed by atoms with Crippen LogP contribution in [0.3, 0.4) is 0 Å². The van der Waals surface area contributed by atoms with E-state index < -0.39 is 0 Å². The van der Waals surface area contributed by atoms with Crippen LogP contribution in [0.15, 0.2) is 30.3 Å². The first-order valence-electron chi connectivity index (χ1n) is 8.84. The van der Waals surface area contributed by atoms with Crippen molar-refractivity contribution in [3.63, 3.8) is 0 Å². The molecule has 2 atom stereocenters. The average Bonchev–Trinajstić information content (AvgIpc) is 3.26. The molecule has 1 aromatic carbocycles. The highest BCUT2D eigenvalue weighted by Crippen LogP contribution is 2.38. The SMILES string of the molecule is C[C@@H]1C=C(N2CCC[C@@H]2C)c2ccccc2N1NCC1CC1. The Morgan fingerprint density at radius 1 is 1.14 bits per heavy atom. The van der Waals surface area contributed by atoms with Crippen molar-refractivity contribution in [3.05, 3.63) is 35.9 Å². The zero-order valence-electron chi connectivity index (χ0n) is 13.8. The van der Waals surface area contributed by atoms with Crippen LogP contribution >= 0.6 is 0 Å². The first-order valence-corrected chi connectivity index (χ1v) is 8.84. The first-order chi connectivity index (χ1) is 10.7. The monoisotopic (exact) mass is 297 g/mol. The number of nitrogens with zero attached hydrogens (tertiary/aromatic N) is 2. The summed E-state index contributed by atoms with van der Waals surface area (Å²) in [6.07, 6.45) is 7.87. The van der Waals surface area contributed by atoms with Crippen LogP contribution < -0.4 is 10.4 Å². The molecule has 1 aliphatic carbocycles. The summed E-state index contributed by atoms with van der Waals surface area (Å²) in [6.45, 7) is 6.97. The Morgan fingerprint density at radius 3 is 2.68 bits per heavy atom. The second-order valence-electron chi connectivity index (χ2n) is 7.17. The number of rotatable bonds is 4. The smallest absolute Gasteiger partial charge is 0.0630 e. The highest BCUT2D eigenvalue weighted by atomic mass is 15.5. The van der Waals surface area contributed by atoms with Gasteiger partial charge in [0.05, 0.1) is 11.7 Å². The third-order valence-electron chi connectivity index (χ3n) is 5.36. The fraction of sp³-hybridized carbons (Fsp3) is 0.579. The van der Waals surface area contributed by atoms with Crippen LogP contribution in [-0.2, 0) is 0 Å². The lowest BCUT2D eigenvalue weighted by Crippen LogP contribution is -2.47. The second-order valence-corrected chi connectivity index (χ2v) is 7.17. The Balaban J connectivity index is 1.65. The van der Waals surface area contributed by atoms with Crippen LogP contribution in [0.5, 0.6) is 0 Å². The van der Waals surface area contributed by atoms with Gasteiger partial charge in [-0.15, -0.1) is 0 Å². The largest absolute Gasteiger partial charge is 0.368 e. The predicted molar refractivity (Wildman–Crippen MR) is 92.5 cm³/mol. The van der Waals surface area contributed by atoms with Crippen LogP contribution in [0.25, 0.3) is 5.70 Å². The molecule has 4 rings (SSSR count). The summed E-state index contributed by atoms with van der Waals surface area (Å²) < 4.78 is 0. The van der Waals surface area contributed by atoms with Gasteiger partial charge in [0.1, 0.15) is 0 Å². The van der Waals surface area contributed by atoms with E-state index in [-0.39, 0.29) is 0 Å². The standard InChI is InChI=1S/C19H27N3/c1-14-6-5-11-21(14)19-12-15(2)22(20-13-16-9-10-16)18-8-4-3-7-17(18)19/h3-4,7-8,12,14-16,20H,5-6,9-11,13H2,1-2H3/t14-,15+/m0/s1. The van der Waals surface area contributed by atoms with Gasteiger partial charge in [0.25, 0.3) is 0 Å². The molecule has 3 nitrogen and oxygen atoms in total. The molecule has 2 fully saturated rings. The van der Waals surface area contributed by atoms with Crippen LogP contribution in [0, 0.1) is 5.92 Å². The number of hydrazine groups is 1. The lowest BCUT2D eigenvalue weighted by atomic mass is 10.0. The van der Waals surface area contributed by atoms with Crippen molar-refractivity contribution in [2.75, 3.05) is 18.1 Å². The van der Waals surface area contributed by atoms with E-state index in [9.17, 15) is 0 Å². The predicted octanol–water partition coefficient (Wildman–Crippen LogP) is 3.63. The minimum atomic E-state index is 0.399. The van der Waals surface area contributed by atoms with Crippen molar-refractivity contribution in [1.29, 1.82) is 0 Å². The molecule has 3 heteroatoms. The third kappa shape index (κ3) is 2.52. The fourth-order valence-electron chi connectivity index (χ4n) is 3.83. The summed E-state index contributed by atoms with van der Waals surface area (Å²) >= 11 is 0. The Bertz CT molecular complexity index is 576. The van der Waals surface area contributed by atoms with Crippen molar-refractivity contribution < 1.29 is 0 Å². The zero-order chi connectivity index (χ0) is 15.1. The fourth-order valence-corrected chi connectivity index (χ4v) is 3.83. The molecule has 1 aromatic rings. The molecule has 118 valence electrons. The maximum Gasteiger partial charge on any atom is 0.0630 e. The van der Waals surface area contributed by atoms with Crippen LogP contribution in [0.4, 0.5) is 5.69 Å². The molecule has 22 heavy (non-hydrogen) atoms. The van der Waals surface area contributed by atoms with E-state index >= 15 is 0 Å². The molecule has 0 unspecified atom stereocenters. The van der Waals surface area contributed by atoms with Crippen molar-refractivity contribution >= 4 is 11.4 Å². The Hall–Kier alpha value is -1.48. The van der Waals surface area contributed by atoms with Crippen molar-refractivity contribution in [2.24, 2.45) is 5.92 Å². The maximum absolute atomic E-state index is 3.68. The summed E-state index contributed by atoms with van der Waals surface area (Å²) in [7, 11) is 0. The van der Waals surface area contributed by atoms with E-state index in [0.29, 0.717) is 12.1 Å². The molecular formula is C19H27N3. The maximum atomic E-state index is 3.68. The Kier molecular flexibility index (Phi) is 3.61. The van der Waals surface area contributed by atoms with Gasteiger partial charge in [-0.1, -0.05) is 18.2 Å². The third-order valence-corrected chi connectivity index (χ3v) is 5.36. The molecule has 0 bridgehead atoms. The number of likely N-dealkylation sites (tertiary alicyclic amines) is 1. The molecule has 2 heterocycles. The normalized spacial score (nSPS) is 27.8. The number of nitrogens with one attached hydrogen (secondary N) is 1. The van der Waals surface area contributed by atoms with Crippen LogP contribution in [0.2, 0.25) is 0 Å². The molecule has 0 amide bonds. The van der Waals surface area contributed by atoms with Gasteiger partial charge in [0.2, 0.25) is 0 Å². The van der Waals surface area contributed by atoms with Gasteiger partial charge in [-0.05, 0) is 57.6 Å². The molecule has 1 saturated carbocycles. The van der Waals surface area contributed by atoms with Crippen LogP contribution in [0.1, 0.15) is 45.1 Å². The first kappa shape index (κ1) is 14.1. The molecule has 0 aromatic heterocycles. The number of benzene rings is 1. The highest BCUT2D eigenvalue weighted by Gasteiger charge is 2.31. The molecule has 1 N–H and O–H groups in total. The molecular weight excluding hydrogens is 270 g/mol. The van der Waals surface area contributed by atoms with Gasteiger partial charge in [0, 0.05) is 30.4 Å². The molecule has 3 aliphatic rings. The van der Waals surface area contributed by atoms with Crippen molar-refractivity contribution in [2.45, 2.75) is 51.6 Å². The number of anilines is 1. The van der Waals surface area contributed by atoms with E-state index in [4.69, 9.17) is 0 Å². The van der Waals surface area contributed by atoms with Gasteiger partial charge >= 0.3 is 0 Å². The minimum absolute atomic E-state index is 0.399. The Labute approximate surface area is 134 Å². The lowest BCUT2D eigenvalue weighted by Gasteiger charge is -2.39. The summed E-state index contributed by atoms with van der Waals surface area (Å²) in [5.41, 5.74) is 7.85. The number of hydrogen-bond acceptors (Lipinski definition) is 3. The van der Waals surface area contributed by atoms with E-state index in [1.165, 1.54) is 49.2 Å². The van der Waals surface area contributed by atoms with E-state index in [1.807, 2.05) is 0 Å². The number of hydrogen-bond donors (Lipinski definition) is 1. The topological polar surface area (TPSA) is 18.5 Å². The summed E-state index contributed by atoms with van der Waals surface area (Å²) in [6, 6.07) is 9.94. The van der Waals surface area contributed by atoms with Gasteiger partial charge in [-0.25, -0.2) is 5.43 Å². The van der Waals surface area contributed by atoms with E-state index in [1.54, 1.807) is 0 Å². The average molecular weight is 297 g/mol. The van der Waals surface area contributed by atoms with Gasteiger partial charge < -0.3 is 9.91 Å². The van der Waals surface area contributed by atoms with Gasteiger partial charge in [0.15, 0.2) is 0 Å². The summed E-state index contributed by atoms with van der Waals surface area (Å²) in [5.74, 6) is 0.892. The molecule has 1 saturated heterocycles. The molecule has 0 spiro atoms. The van der Waals surface area contributed by atoms with E-state index in [2.05, 4.69) is 59.5 Å². The summed E-state index contributed by atoms with van der Waals surface area (Å²) in [5, 5.41) is 2.37. The summed E-state index contributed by atoms with van der Waals surface area (Å²) in [4.78, 5) is 2.60. The second kappa shape index (κ2) is 5.62. The Morgan fingerprint density at radius 2 is 1.95 bits per heavy atom. The van der Waals surface area contributed by atoms with E-state index in [0.717, 1.165) is 12.5 Å². The van der Waals surface area contributed by atoms with Gasteiger partial charge in [-0.3, -0.25) is 0 Å². The van der Waals surface area contributed by atoms with Crippen LogP contribution in [-0.4, -0.2) is 30.1 Å². The van der Waals surface area contributed by atoms with Gasteiger partial charge in [-0.2, -0.15) is 0 Å². The quantitative estimate of drug-likeness (QED) is 0.915. The lowest BCUT2D eigenvalue weighted by molar-refractivity contribution is 0.389. The molecule has 0 radical (unpaired) electrons.